The fourth-order valence-electron chi connectivity index (χ4n) is 2.31. The molecule has 0 bridgehead atoms. The van der Waals surface area contributed by atoms with Gasteiger partial charge in [0, 0.05) is 12.6 Å². The summed E-state index contributed by atoms with van der Waals surface area (Å²) in [6.07, 6.45) is -4.56. The number of anilines is 2. The first kappa shape index (κ1) is 17.9. The van der Waals surface area contributed by atoms with Crippen molar-refractivity contribution < 1.29 is 18.0 Å². The Morgan fingerprint density at radius 2 is 2.08 bits per heavy atom. The maximum absolute atomic E-state index is 12.8. The SMILES string of the molecule is Cc1ncsc1C(=O)Nc1ccc(-c2cc(C(F)(F)F)nn2C)c(N)n1. The Hall–Kier alpha value is -2.95. The van der Waals surface area contributed by atoms with Gasteiger partial charge in [0.2, 0.25) is 0 Å². The van der Waals surface area contributed by atoms with Crippen molar-refractivity contribution in [2.75, 3.05) is 11.1 Å². The van der Waals surface area contributed by atoms with Crippen molar-refractivity contribution in [2.45, 2.75) is 13.1 Å². The van der Waals surface area contributed by atoms with E-state index < -0.39 is 11.9 Å². The lowest BCUT2D eigenvalue weighted by molar-refractivity contribution is -0.141. The number of amides is 1. The molecular weight excluding hydrogens is 369 g/mol. The Bertz CT molecular complexity index is 978. The number of pyridine rings is 1. The Labute approximate surface area is 149 Å². The molecule has 26 heavy (non-hydrogen) atoms. The molecule has 0 spiro atoms. The van der Waals surface area contributed by atoms with Crippen LogP contribution in [0.25, 0.3) is 11.3 Å². The van der Waals surface area contributed by atoms with Gasteiger partial charge in [-0.3, -0.25) is 9.48 Å². The molecule has 0 aliphatic rings. The van der Waals surface area contributed by atoms with Gasteiger partial charge in [-0.25, -0.2) is 9.97 Å². The number of nitrogen functional groups attached to an aromatic ring is 1. The topological polar surface area (TPSA) is 98.7 Å². The van der Waals surface area contributed by atoms with Gasteiger partial charge in [0.05, 0.1) is 16.9 Å². The molecule has 3 heterocycles. The summed E-state index contributed by atoms with van der Waals surface area (Å²) in [5.41, 5.74) is 7.44. The molecule has 0 saturated heterocycles. The van der Waals surface area contributed by atoms with E-state index >= 15 is 0 Å². The van der Waals surface area contributed by atoms with Crippen molar-refractivity contribution >= 4 is 28.9 Å². The van der Waals surface area contributed by atoms with E-state index in [1.807, 2.05) is 0 Å². The minimum atomic E-state index is -4.56. The first-order valence-electron chi connectivity index (χ1n) is 7.26. The van der Waals surface area contributed by atoms with Crippen molar-refractivity contribution in [3.05, 3.63) is 40.0 Å². The largest absolute Gasteiger partial charge is 0.435 e. The van der Waals surface area contributed by atoms with E-state index in [9.17, 15) is 18.0 Å². The van der Waals surface area contributed by atoms with Crippen LogP contribution in [-0.2, 0) is 13.2 Å². The highest BCUT2D eigenvalue weighted by molar-refractivity contribution is 7.12. The van der Waals surface area contributed by atoms with Crippen LogP contribution in [0, 0.1) is 6.92 Å². The second-order valence-corrected chi connectivity index (χ2v) is 6.24. The van der Waals surface area contributed by atoms with Crippen LogP contribution in [0.5, 0.6) is 0 Å². The Morgan fingerprint density at radius 3 is 2.62 bits per heavy atom. The summed E-state index contributed by atoms with van der Waals surface area (Å²) in [5, 5.41) is 6.03. The molecule has 11 heteroatoms. The average molecular weight is 382 g/mol. The maximum Gasteiger partial charge on any atom is 0.435 e. The Balaban J connectivity index is 1.88. The number of thiazole rings is 1. The molecule has 7 nitrogen and oxygen atoms in total. The Morgan fingerprint density at radius 1 is 1.35 bits per heavy atom. The predicted octanol–water partition coefficient (Wildman–Crippen LogP) is 3.10. The minimum absolute atomic E-state index is 0.0273. The number of hydrogen-bond acceptors (Lipinski definition) is 6. The smallest absolute Gasteiger partial charge is 0.383 e. The average Bonchev–Trinajstić information content (AvgIpc) is 3.13. The van der Waals surface area contributed by atoms with Crippen LogP contribution >= 0.6 is 11.3 Å². The molecule has 1 amide bonds. The summed E-state index contributed by atoms with van der Waals surface area (Å²) in [6, 6.07) is 3.83. The lowest BCUT2D eigenvalue weighted by Gasteiger charge is -2.08. The summed E-state index contributed by atoms with van der Waals surface area (Å²) in [5.74, 6) is -0.229. The number of carbonyl (C=O) groups excluding carboxylic acids is 1. The third-order valence-corrected chi connectivity index (χ3v) is 4.49. The molecular formula is C15H13F3N6OS. The number of nitrogens with zero attached hydrogens (tertiary/aromatic N) is 4. The number of aryl methyl sites for hydroxylation is 2. The molecule has 0 fully saturated rings. The first-order chi connectivity index (χ1) is 12.2. The van der Waals surface area contributed by atoms with Gasteiger partial charge in [-0.05, 0) is 25.1 Å². The van der Waals surface area contributed by atoms with Gasteiger partial charge < -0.3 is 11.1 Å². The van der Waals surface area contributed by atoms with E-state index in [0.717, 1.165) is 10.7 Å². The lowest BCUT2D eigenvalue weighted by atomic mass is 10.1. The van der Waals surface area contributed by atoms with Crippen LogP contribution in [0.1, 0.15) is 21.1 Å². The zero-order chi connectivity index (χ0) is 19.1. The second kappa shape index (κ2) is 6.41. The van der Waals surface area contributed by atoms with Crippen LogP contribution in [0.15, 0.2) is 23.7 Å². The van der Waals surface area contributed by atoms with Gasteiger partial charge in [0.25, 0.3) is 5.91 Å². The minimum Gasteiger partial charge on any atom is -0.383 e. The van der Waals surface area contributed by atoms with Gasteiger partial charge in [-0.2, -0.15) is 18.3 Å². The van der Waals surface area contributed by atoms with Crippen LogP contribution in [0.4, 0.5) is 24.8 Å². The molecule has 0 aliphatic carbocycles. The summed E-state index contributed by atoms with van der Waals surface area (Å²) in [6.45, 7) is 1.71. The normalized spacial score (nSPS) is 11.6. The van der Waals surface area contributed by atoms with Crippen molar-refractivity contribution in [3.8, 4) is 11.3 Å². The highest BCUT2D eigenvalue weighted by atomic mass is 32.1. The highest BCUT2D eigenvalue weighted by Crippen LogP contribution is 2.33. The van der Waals surface area contributed by atoms with Crippen LogP contribution < -0.4 is 11.1 Å². The number of rotatable bonds is 3. The van der Waals surface area contributed by atoms with Crippen LogP contribution in [0.3, 0.4) is 0 Å². The zero-order valence-electron chi connectivity index (χ0n) is 13.6. The summed E-state index contributed by atoms with van der Waals surface area (Å²) in [7, 11) is 1.38. The molecule has 0 unspecified atom stereocenters. The standard InChI is InChI=1S/C15H13F3N6OS/c1-7-12(26-6-20-7)14(25)22-11-4-3-8(13(19)21-11)9-5-10(15(16,17)18)23-24(9)2/h3-6H,1-2H3,(H3,19,21,22,25). The predicted molar refractivity (Wildman–Crippen MR) is 90.7 cm³/mol. The molecule has 136 valence electrons. The summed E-state index contributed by atoms with van der Waals surface area (Å²) in [4.78, 5) is 20.7. The Kier molecular flexibility index (Phi) is 4.40. The number of halogens is 3. The summed E-state index contributed by atoms with van der Waals surface area (Å²) < 4.78 is 39.5. The van der Waals surface area contributed by atoms with E-state index in [-0.39, 0.29) is 28.8 Å². The first-order valence-corrected chi connectivity index (χ1v) is 8.14. The molecule has 0 atom stereocenters. The maximum atomic E-state index is 12.8. The number of carbonyl (C=O) groups is 1. The highest BCUT2D eigenvalue weighted by Gasteiger charge is 2.35. The van der Waals surface area contributed by atoms with Crippen LogP contribution in [-0.4, -0.2) is 25.7 Å². The molecule has 0 saturated carbocycles. The molecule has 3 aromatic rings. The molecule has 3 rings (SSSR count). The number of nitrogens with two attached hydrogens (primary N) is 1. The van der Waals surface area contributed by atoms with Crippen LogP contribution in [0.2, 0.25) is 0 Å². The molecule has 0 radical (unpaired) electrons. The molecule has 3 N–H and O–H groups in total. The number of alkyl halides is 3. The number of nitrogens with one attached hydrogen (secondary N) is 1. The van der Waals surface area contributed by atoms with Crippen molar-refractivity contribution in [2.24, 2.45) is 7.05 Å². The van der Waals surface area contributed by atoms with Gasteiger partial charge in [-0.15, -0.1) is 11.3 Å². The number of aromatic nitrogens is 4. The van der Waals surface area contributed by atoms with Gasteiger partial charge in [0.15, 0.2) is 5.69 Å². The molecule has 0 aliphatic heterocycles. The lowest BCUT2D eigenvalue weighted by Crippen LogP contribution is -2.13. The van der Waals surface area contributed by atoms with E-state index in [1.54, 1.807) is 12.4 Å². The van der Waals surface area contributed by atoms with Gasteiger partial charge in [0.1, 0.15) is 16.5 Å². The molecule has 3 aromatic heterocycles. The van der Waals surface area contributed by atoms with E-state index in [2.05, 4.69) is 20.4 Å². The van der Waals surface area contributed by atoms with Crippen molar-refractivity contribution in [1.29, 1.82) is 0 Å². The van der Waals surface area contributed by atoms with Gasteiger partial charge in [-0.1, -0.05) is 0 Å². The fourth-order valence-corrected chi connectivity index (χ4v) is 3.01. The number of hydrogen-bond donors (Lipinski definition) is 2. The summed E-state index contributed by atoms with van der Waals surface area (Å²) >= 11 is 1.19. The van der Waals surface area contributed by atoms with E-state index in [0.29, 0.717) is 10.6 Å². The third-order valence-electron chi connectivity index (χ3n) is 3.56. The zero-order valence-corrected chi connectivity index (χ0v) is 14.4. The van der Waals surface area contributed by atoms with Gasteiger partial charge >= 0.3 is 6.18 Å². The fraction of sp³-hybridized carbons (Fsp3) is 0.200. The second-order valence-electron chi connectivity index (χ2n) is 5.39. The quantitative estimate of drug-likeness (QED) is 0.725. The monoisotopic (exact) mass is 382 g/mol. The van der Waals surface area contributed by atoms with E-state index in [4.69, 9.17) is 5.73 Å². The van der Waals surface area contributed by atoms with Crippen molar-refractivity contribution in [3.63, 3.8) is 0 Å². The third kappa shape index (κ3) is 3.38. The van der Waals surface area contributed by atoms with Crippen molar-refractivity contribution in [1.82, 2.24) is 19.7 Å². The van der Waals surface area contributed by atoms with E-state index in [1.165, 1.54) is 30.5 Å². The molecule has 0 aromatic carbocycles.